The molecule has 2 rings (SSSR count). The average molecular weight is 322 g/mol. The lowest BCUT2D eigenvalue weighted by Crippen LogP contribution is -2.24. The first-order valence-electron chi connectivity index (χ1n) is 7.15. The number of rotatable bonds is 8. The molecule has 5 heteroatoms. The van der Waals surface area contributed by atoms with Gasteiger partial charge in [0.05, 0.1) is 7.11 Å². The van der Waals surface area contributed by atoms with Gasteiger partial charge in [-0.25, -0.2) is 4.98 Å². The summed E-state index contributed by atoms with van der Waals surface area (Å²) in [5.74, 6) is 1.88. The molecule has 0 fully saturated rings. The summed E-state index contributed by atoms with van der Waals surface area (Å²) in [6.45, 7) is 5.24. The quantitative estimate of drug-likeness (QED) is 0.735. The van der Waals surface area contributed by atoms with Gasteiger partial charge in [0.2, 0.25) is 0 Å². The summed E-state index contributed by atoms with van der Waals surface area (Å²) in [4.78, 5) is 4.52. The molecule has 0 radical (unpaired) electrons. The van der Waals surface area contributed by atoms with Crippen molar-refractivity contribution >= 4 is 23.1 Å². The number of benzene rings is 1. The van der Waals surface area contributed by atoms with Crippen molar-refractivity contribution in [3.05, 3.63) is 40.9 Å². The van der Waals surface area contributed by atoms with Crippen LogP contribution >= 0.6 is 23.1 Å². The molecule has 1 heterocycles. The maximum atomic E-state index is 5.33. The lowest BCUT2D eigenvalue weighted by molar-refractivity contribution is 0.413. The zero-order valence-corrected chi connectivity index (χ0v) is 14.4. The second-order valence-electron chi connectivity index (χ2n) is 4.85. The molecule has 3 nitrogen and oxygen atoms in total. The number of aromatic nitrogens is 1. The van der Waals surface area contributed by atoms with E-state index in [0.29, 0.717) is 6.04 Å². The van der Waals surface area contributed by atoms with Crippen LogP contribution in [0.2, 0.25) is 0 Å². The molecule has 114 valence electrons. The van der Waals surface area contributed by atoms with E-state index < -0.39 is 0 Å². The number of aryl methyl sites for hydroxylation is 1. The summed E-state index contributed by atoms with van der Waals surface area (Å²) < 4.78 is 6.47. The second kappa shape index (κ2) is 8.41. The minimum atomic E-state index is 0.314. The Balaban J connectivity index is 2.05. The van der Waals surface area contributed by atoms with Gasteiger partial charge in [0.1, 0.15) is 10.1 Å². The highest BCUT2D eigenvalue weighted by atomic mass is 32.2. The molecular weight excluding hydrogens is 300 g/mol. The van der Waals surface area contributed by atoms with Gasteiger partial charge in [-0.05, 0) is 37.6 Å². The van der Waals surface area contributed by atoms with Crippen LogP contribution in [0.1, 0.15) is 30.6 Å². The predicted molar refractivity (Wildman–Crippen MR) is 91.6 cm³/mol. The Morgan fingerprint density at radius 2 is 2.29 bits per heavy atom. The smallest absolute Gasteiger partial charge is 0.150 e. The van der Waals surface area contributed by atoms with Crippen molar-refractivity contribution in [3.63, 3.8) is 0 Å². The van der Waals surface area contributed by atoms with Crippen molar-refractivity contribution in [1.82, 2.24) is 10.3 Å². The molecule has 0 saturated carbocycles. The minimum Gasteiger partial charge on any atom is -0.497 e. The standard InChI is InChI=1S/C16H22N2OS2/c1-4-8-17-15(11-21-16-18-12(2)10-20-16)13-6-5-7-14(9-13)19-3/h5-7,9-10,15,17H,4,8,11H2,1-3H3. The highest BCUT2D eigenvalue weighted by Gasteiger charge is 2.13. The molecule has 21 heavy (non-hydrogen) atoms. The summed E-state index contributed by atoms with van der Waals surface area (Å²) >= 11 is 3.53. The van der Waals surface area contributed by atoms with Gasteiger partial charge in [-0.2, -0.15) is 0 Å². The molecule has 0 spiro atoms. The fourth-order valence-electron chi connectivity index (χ4n) is 2.00. The van der Waals surface area contributed by atoms with Gasteiger partial charge in [0, 0.05) is 22.9 Å². The Kier molecular flexibility index (Phi) is 6.54. The molecule has 1 aromatic heterocycles. The van der Waals surface area contributed by atoms with E-state index in [-0.39, 0.29) is 0 Å². The SMILES string of the molecule is CCCNC(CSc1nc(C)cs1)c1cccc(OC)c1. The van der Waals surface area contributed by atoms with Crippen molar-refractivity contribution in [1.29, 1.82) is 0 Å². The van der Waals surface area contributed by atoms with Crippen LogP contribution in [-0.2, 0) is 0 Å². The highest BCUT2D eigenvalue weighted by Crippen LogP contribution is 2.28. The highest BCUT2D eigenvalue weighted by molar-refractivity contribution is 8.01. The van der Waals surface area contributed by atoms with Crippen molar-refractivity contribution in [2.45, 2.75) is 30.6 Å². The van der Waals surface area contributed by atoms with Crippen LogP contribution in [0.25, 0.3) is 0 Å². The van der Waals surface area contributed by atoms with Crippen LogP contribution in [0.5, 0.6) is 5.75 Å². The van der Waals surface area contributed by atoms with Gasteiger partial charge in [-0.3, -0.25) is 0 Å². The minimum absolute atomic E-state index is 0.314. The Bertz CT molecular complexity index is 557. The third-order valence-corrected chi connectivity index (χ3v) is 5.34. The molecule has 1 atom stereocenters. The van der Waals surface area contributed by atoms with Gasteiger partial charge >= 0.3 is 0 Å². The zero-order valence-electron chi connectivity index (χ0n) is 12.8. The third-order valence-electron chi connectivity index (χ3n) is 3.11. The van der Waals surface area contributed by atoms with Crippen molar-refractivity contribution in [2.24, 2.45) is 0 Å². The Hall–Kier alpha value is -1.04. The lowest BCUT2D eigenvalue weighted by atomic mass is 10.1. The summed E-state index contributed by atoms with van der Waals surface area (Å²) in [6.07, 6.45) is 1.13. The number of ether oxygens (including phenoxy) is 1. The topological polar surface area (TPSA) is 34.2 Å². The molecule has 1 unspecified atom stereocenters. The first kappa shape index (κ1) is 16.3. The van der Waals surface area contributed by atoms with Gasteiger partial charge in [0.15, 0.2) is 0 Å². The Labute approximate surface area is 135 Å². The third kappa shape index (κ3) is 5.02. The molecule has 1 aromatic carbocycles. The number of thiazole rings is 1. The number of hydrogen-bond donors (Lipinski definition) is 1. The molecule has 0 aliphatic rings. The van der Waals surface area contributed by atoms with E-state index in [9.17, 15) is 0 Å². The van der Waals surface area contributed by atoms with Crippen molar-refractivity contribution in [2.75, 3.05) is 19.4 Å². The summed E-state index contributed by atoms with van der Waals surface area (Å²) in [7, 11) is 1.71. The van der Waals surface area contributed by atoms with Crippen molar-refractivity contribution < 1.29 is 4.74 Å². The van der Waals surface area contributed by atoms with E-state index >= 15 is 0 Å². The molecular formula is C16H22N2OS2. The van der Waals surface area contributed by atoms with E-state index in [1.54, 1.807) is 18.4 Å². The van der Waals surface area contributed by atoms with Gasteiger partial charge < -0.3 is 10.1 Å². The van der Waals surface area contributed by atoms with Crippen LogP contribution in [0.3, 0.4) is 0 Å². The van der Waals surface area contributed by atoms with Gasteiger partial charge in [0.25, 0.3) is 0 Å². The van der Waals surface area contributed by atoms with Crippen LogP contribution in [0, 0.1) is 6.92 Å². The molecule has 0 aliphatic heterocycles. The van der Waals surface area contributed by atoms with Crippen LogP contribution < -0.4 is 10.1 Å². The Morgan fingerprint density at radius 1 is 1.43 bits per heavy atom. The maximum Gasteiger partial charge on any atom is 0.150 e. The number of nitrogens with zero attached hydrogens (tertiary/aromatic N) is 1. The fourth-order valence-corrected chi connectivity index (χ4v) is 3.97. The van der Waals surface area contributed by atoms with Crippen molar-refractivity contribution in [3.8, 4) is 5.75 Å². The zero-order chi connectivity index (χ0) is 15.1. The maximum absolute atomic E-state index is 5.33. The second-order valence-corrected chi connectivity index (χ2v) is 6.97. The van der Waals surface area contributed by atoms with E-state index in [2.05, 4.69) is 34.7 Å². The lowest BCUT2D eigenvalue weighted by Gasteiger charge is -2.18. The normalized spacial score (nSPS) is 12.3. The molecule has 0 amide bonds. The number of hydrogen-bond acceptors (Lipinski definition) is 5. The van der Waals surface area contributed by atoms with Crippen LogP contribution in [0.15, 0.2) is 34.0 Å². The number of nitrogens with one attached hydrogen (secondary N) is 1. The molecule has 0 saturated heterocycles. The molecule has 0 aliphatic carbocycles. The van der Waals surface area contributed by atoms with E-state index in [1.165, 1.54) is 5.56 Å². The fraction of sp³-hybridized carbons (Fsp3) is 0.438. The first-order valence-corrected chi connectivity index (χ1v) is 9.01. The average Bonchev–Trinajstić information content (AvgIpc) is 2.93. The first-order chi connectivity index (χ1) is 10.2. The largest absolute Gasteiger partial charge is 0.497 e. The molecule has 1 N–H and O–H groups in total. The van der Waals surface area contributed by atoms with E-state index in [0.717, 1.165) is 34.5 Å². The monoisotopic (exact) mass is 322 g/mol. The predicted octanol–water partition coefficient (Wildman–Crippen LogP) is 4.29. The molecule has 2 aromatic rings. The van der Waals surface area contributed by atoms with Gasteiger partial charge in [-0.15, -0.1) is 11.3 Å². The summed E-state index contributed by atoms with van der Waals surface area (Å²) in [5.41, 5.74) is 2.37. The number of thioether (sulfide) groups is 1. The molecule has 0 bridgehead atoms. The van der Waals surface area contributed by atoms with Gasteiger partial charge in [-0.1, -0.05) is 30.8 Å². The summed E-state index contributed by atoms with van der Waals surface area (Å²) in [5, 5.41) is 5.71. The van der Waals surface area contributed by atoms with Crippen LogP contribution in [0.4, 0.5) is 0 Å². The number of methoxy groups -OCH3 is 1. The van der Waals surface area contributed by atoms with E-state index in [1.807, 2.05) is 30.8 Å². The summed E-state index contributed by atoms with van der Waals surface area (Å²) in [6, 6.07) is 8.61. The van der Waals surface area contributed by atoms with E-state index in [4.69, 9.17) is 4.74 Å². The van der Waals surface area contributed by atoms with Crippen LogP contribution in [-0.4, -0.2) is 24.4 Å². The Morgan fingerprint density at radius 3 is 2.95 bits per heavy atom.